The molecule has 2 N–H and O–H groups in total. The Hall–Kier alpha value is -3.94. The first-order valence-corrected chi connectivity index (χ1v) is 11.2. The minimum atomic E-state index is -1.06. The van der Waals surface area contributed by atoms with E-state index < -0.39 is 23.5 Å². The van der Waals surface area contributed by atoms with Gasteiger partial charge in [-0.1, -0.05) is 35.3 Å². The molecule has 1 aliphatic rings. The van der Waals surface area contributed by atoms with Crippen molar-refractivity contribution >= 4 is 51.5 Å². The molecular weight excluding hydrogens is 493 g/mol. The fourth-order valence-electron chi connectivity index (χ4n) is 4.13. The summed E-state index contributed by atoms with van der Waals surface area (Å²) in [6.45, 7) is 0. The van der Waals surface area contributed by atoms with Gasteiger partial charge in [0.2, 0.25) is 5.78 Å². The normalized spacial score (nSPS) is 15.8. The maximum absolute atomic E-state index is 13.7. The SMILES string of the molecule is COc1cccc(N2C(=O)C(O)=C(C(=O)c3cc4cc(Cl)ccc4o3)C2c2ccc(O)c(Cl)c2)c1. The molecule has 35 heavy (non-hydrogen) atoms. The van der Waals surface area contributed by atoms with Crippen LogP contribution in [0, 0.1) is 0 Å². The summed E-state index contributed by atoms with van der Waals surface area (Å²) in [4.78, 5) is 28.2. The van der Waals surface area contributed by atoms with Gasteiger partial charge in [0.1, 0.15) is 17.1 Å². The number of fused-ring (bicyclic) bond motifs is 1. The van der Waals surface area contributed by atoms with Crippen LogP contribution >= 0.6 is 23.2 Å². The number of hydrogen-bond acceptors (Lipinski definition) is 6. The van der Waals surface area contributed by atoms with Crippen LogP contribution in [0.4, 0.5) is 5.69 Å². The molecule has 1 unspecified atom stereocenters. The van der Waals surface area contributed by atoms with Crippen molar-refractivity contribution in [1.82, 2.24) is 0 Å². The summed E-state index contributed by atoms with van der Waals surface area (Å²) >= 11 is 12.2. The van der Waals surface area contributed by atoms with Gasteiger partial charge in [-0.05, 0) is 54.1 Å². The number of carbonyl (C=O) groups excluding carboxylic acids is 2. The van der Waals surface area contributed by atoms with E-state index in [0.29, 0.717) is 33.0 Å². The third-order valence-corrected chi connectivity index (χ3v) is 6.31. The number of amides is 1. The van der Waals surface area contributed by atoms with Gasteiger partial charge in [0.05, 0.1) is 23.7 Å². The van der Waals surface area contributed by atoms with Crippen molar-refractivity contribution in [3.63, 3.8) is 0 Å². The van der Waals surface area contributed by atoms with Crippen LogP contribution in [0.3, 0.4) is 0 Å². The lowest BCUT2D eigenvalue weighted by Gasteiger charge is -2.27. The van der Waals surface area contributed by atoms with Gasteiger partial charge in [0, 0.05) is 22.2 Å². The number of methoxy groups -OCH3 is 1. The number of hydrogen-bond donors (Lipinski definition) is 2. The number of Topliss-reactive ketones (excluding diaryl/α,β-unsaturated/α-hetero) is 1. The number of aromatic hydroxyl groups is 1. The van der Waals surface area contributed by atoms with Gasteiger partial charge in [-0.25, -0.2) is 0 Å². The maximum Gasteiger partial charge on any atom is 0.294 e. The van der Waals surface area contributed by atoms with Crippen molar-refractivity contribution in [1.29, 1.82) is 0 Å². The largest absolute Gasteiger partial charge is 0.506 e. The number of rotatable bonds is 5. The summed E-state index contributed by atoms with van der Waals surface area (Å²) in [5.41, 5.74) is 1.02. The molecule has 4 aromatic rings. The molecule has 0 saturated carbocycles. The average molecular weight is 510 g/mol. The topological polar surface area (TPSA) is 100 Å². The van der Waals surface area contributed by atoms with Crippen LogP contribution in [0.1, 0.15) is 22.2 Å². The lowest BCUT2D eigenvalue weighted by Crippen LogP contribution is -2.31. The first kappa shape index (κ1) is 22.8. The lowest BCUT2D eigenvalue weighted by molar-refractivity contribution is -0.117. The Balaban J connectivity index is 1.68. The second-order valence-electron chi connectivity index (χ2n) is 7.87. The van der Waals surface area contributed by atoms with Crippen molar-refractivity contribution in [2.45, 2.75) is 6.04 Å². The van der Waals surface area contributed by atoms with E-state index in [2.05, 4.69) is 0 Å². The van der Waals surface area contributed by atoms with Crippen molar-refractivity contribution in [3.8, 4) is 11.5 Å². The smallest absolute Gasteiger partial charge is 0.294 e. The molecule has 1 aromatic heterocycles. The van der Waals surface area contributed by atoms with E-state index in [1.54, 1.807) is 42.5 Å². The highest BCUT2D eigenvalue weighted by molar-refractivity contribution is 6.32. The number of anilines is 1. The zero-order valence-corrected chi connectivity index (χ0v) is 19.7. The molecule has 0 fully saturated rings. The number of aliphatic hydroxyl groups is 1. The van der Waals surface area contributed by atoms with Crippen molar-refractivity contribution in [2.24, 2.45) is 0 Å². The highest BCUT2D eigenvalue weighted by Gasteiger charge is 2.45. The molecule has 2 heterocycles. The molecule has 1 atom stereocenters. The number of furan rings is 1. The van der Waals surface area contributed by atoms with E-state index >= 15 is 0 Å². The fourth-order valence-corrected chi connectivity index (χ4v) is 4.50. The van der Waals surface area contributed by atoms with Crippen LogP contribution in [0.5, 0.6) is 11.5 Å². The minimum Gasteiger partial charge on any atom is -0.506 e. The molecule has 9 heteroatoms. The molecule has 0 aliphatic carbocycles. The number of ether oxygens (including phenoxy) is 1. The molecule has 5 rings (SSSR count). The Kier molecular flexibility index (Phi) is 5.67. The number of carbonyl (C=O) groups is 2. The maximum atomic E-state index is 13.7. The summed E-state index contributed by atoms with van der Waals surface area (Å²) in [5, 5.41) is 21.9. The van der Waals surface area contributed by atoms with Crippen molar-refractivity contribution < 1.29 is 29.0 Å². The first-order valence-electron chi connectivity index (χ1n) is 10.4. The van der Waals surface area contributed by atoms with Crippen molar-refractivity contribution in [2.75, 3.05) is 12.0 Å². The molecule has 3 aromatic carbocycles. The van der Waals surface area contributed by atoms with Crippen LogP contribution in [0.15, 0.2) is 82.5 Å². The molecule has 0 bridgehead atoms. The number of ketones is 1. The predicted molar refractivity (Wildman–Crippen MR) is 132 cm³/mol. The number of phenolic OH excluding ortho intramolecular Hbond substituents is 1. The molecule has 0 spiro atoms. The zero-order chi connectivity index (χ0) is 24.9. The third-order valence-electron chi connectivity index (χ3n) is 5.77. The monoisotopic (exact) mass is 509 g/mol. The van der Waals surface area contributed by atoms with Crippen LogP contribution < -0.4 is 9.64 Å². The number of benzene rings is 3. The summed E-state index contributed by atoms with van der Waals surface area (Å²) in [6, 6.07) is 16.3. The van der Waals surface area contributed by atoms with Gasteiger partial charge in [-0.3, -0.25) is 14.5 Å². The van der Waals surface area contributed by atoms with E-state index in [4.69, 9.17) is 32.4 Å². The second-order valence-corrected chi connectivity index (χ2v) is 8.72. The fraction of sp³-hybridized carbons (Fsp3) is 0.0769. The van der Waals surface area contributed by atoms with Gasteiger partial charge in [-0.15, -0.1) is 0 Å². The number of nitrogens with zero attached hydrogens (tertiary/aromatic N) is 1. The zero-order valence-electron chi connectivity index (χ0n) is 18.2. The Labute approximate surface area is 209 Å². The molecule has 0 saturated heterocycles. The van der Waals surface area contributed by atoms with Gasteiger partial charge < -0.3 is 19.4 Å². The Morgan fingerprint density at radius 3 is 2.57 bits per heavy atom. The molecular formula is C26H17Cl2NO6. The predicted octanol–water partition coefficient (Wildman–Crippen LogP) is 6.24. The van der Waals surface area contributed by atoms with E-state index in [0.717, 1.165) is 0 Å². The van der Waals surface area contributed by atoms with Crippen LogP contribution in [0.25, 0.3) is 11.0 Å². The van der Waals surface area contributed by atoms with E-state index in [9.17, 15) is 19.8 Å². The lowest BCUT2D eigenvalue weighted by atomic mass is 9.94. The first-order chi connectivity index (χ1) is 16.8. The van der Waals surface area contributed by atoms with Gasteiger partial charge in [-0.2, -0.15) is 0 Å². The summed E-state index contributed by atoms with van der Waals surface area (Å²) in [6.07, 6.45) is 0. The Morgan fingerprint density at radius 1 is 1.03 bits per heavy atom. The van der Waals surface area contributed by atoms with E-state index in [-0.39, 0.29) is 22.1 Å². The molecule has 1 amide bonds. The van der Waals surface area contributed by atoms with Gasteiger partial charge in [0.15, 0.2) is 11.5 Å². The van der Waals surface area contributed by atoms with E-state index in [1.807, 2.05) is 0 Å². The van der Waals surface area contributed by atoms with Crippen LogP contribution in [0.2, 0.25) is 10.0 Å². The van der Waals surface area contributed by atoms with Gasteiger partial charge in [0.25, 0.3) is 5.91 Å². The summed E-state index contributed by atoms with van der Waals surface area (Å²) < 4.78 is 11.0. The number of aliphatic hydroxyl groups excluding tert-OH is 1. The second kappa shape index (κ2) is 8.69. The highest BCUT2D eigenvalue weighted by Crippen LogP contribution is 2.44. The highest BCUT2D eigenvalue weighted by atomic mass is 35.5. The Morgan fingerprint density at radius 2 is 1.83 bits per heavy atom. The van der Waals surface area contributed by atoms with Crippen LogP contribution in [-0.4, -0.2) is 29.0 Å². The standard InChI is InChI=1S/C26H17Cl2NO6/c1-34-17-4-2-3-16(12-17)29-23(13-5-7-19(30)18(28)10-13)22(25(32)26(29)33)24(31)21-11-14-9-15(27)6-8-20(14)35-21/h2-12,23,30,32H,1H3. The number of halogens is 2. The van der Waals surface area contributed by atoms with Gasteiger partial charge >= 0.3 is 0 Å². The molecule has 7 nitrogen and oxygen atoms in total. The summed E-state index contributed by atoms with van der Waals surface area (Å²) in [5.74, 6) is -1.93. The molecule has 1 aliphatic heterocycles. The quantitative estimate of drug-likeness (QED) is 0.309. The molecule has 176 valence electrons. The summed E-state index contributed by atoms with van der Waals surface area (Å²) in [7, 11) is 1.49. The molecule has 0 radical (unpaired) electrons. The van der Waals surface area contributed by atoms with Crippen molar-refractivity contribution in [3.05, 3.63) is 99.4 Å². The Bertz CT molecular complexity index is 1540. The third kappa shape index (κ3) is 3.88. The van der Waals surface area contributed by atoms with E-state index in [1.165, 1.54) is 36.3 Å². The number of phenols is 1. The van der Waals surface area contributed by atoms with Crippen LogP contribution in [-0.2, 0) is 4.79 Å². The minimum absolute atomic E-state index is 0.0251. The average Bonchev–Trinajstić information content (AvgIpc) is 3.39.